The number of esters is 1. The fourth-order valence-corrected chi connectivity index (χ4v) is 6.59. The van der Waals surface area contributed by atoms with Crippen LogP contribution in [-0.4, -0.2) is 5.97 Å². The van der Waals surface area contributed by atoms with Gasteiger partial charge in [-0.05, 0) is 25.3 Å². The molecule has 1 aliphatic heterocycles. The van der Waals surface area contributed by atoms with Crippen molar-refractivity contribution < 1.29 is 9.53 Å². The van der Waals surface area contributed by atoms with Crippen LogP contribution in [0.4, 0.5) is 0 Å². The molecule has 1 aliphatic rings. The minimum atomic E-state index is 0.0224. The maximum atomic E-state index is 12.0. The summed E-state index contributed by atoms with van der Waals surface area (Å²) in [5, 5.41) is 0. The molecule has 1 saturated heterocycles. The lowest BCUT2D eigenvalue weighted by Gasteiger charge is -2.28. The molecule has 0 aromatic rings. The molecular weight excluding hydrogens is 512 g/mol. The van der Waals surface area contributed by atoms with Crippen LogP contribution < -0.4 is 0 Å². The first-order chi connectivity index (χ1) is 20.8. The Kier molecular flexibility index (Phi) is 29.5. The number of carbonyl (C=O) groups is 1. The largest absolute Gasteiger partial charge is 0.430 e. The summed E-state index contributed by atoms with van der Waals surface area (Å²) in [5.74, 6) is 1.09. The van der Waals surface area contributed by atoms with Gasteiger partial charge in [-0.1, -0.05) is 213 Å². The van der Waals surface area contributed by atoms with Crippen LogP contribution in [0.25, 0.3) is 0 Å². The normalized spacial score (nSPS) is 15.8. The predicted octanol–water partition coefficient (Wildman–Crippen LogP) is 14.3. The lowest BCUT2D eigenvalue weighted by atomic mass is 9.93. The molecule has 2 heteroatoms. The van der Waals surface area contributed by atoms with Gasteiger partial charge < -0.3 is 4.74 Å². The summed E-state index contributed by atoms with van der Waals surface area (Å²) in [7, 11) is 0. The second-order valence-electron chi connectivity index (χ2n) is 13.8. The van der Waals surface area contributed by atoms with E-state index >= 15 is 0 Å². The lowest BCUT2D eigenvalue weighted by molar-refractivity contribution is -0.157. The van der Waals surface area contributed by atoms with Crippen LogP contribution in [0.3, 0.4) is 0 Å². The number of allylic oxidation sites excluding steroid dienone is 1. The summed E-state index contributed by atoms with van der Waals surface area (Å²) < 4.78 is 5.38. The molecule has 1 fully saturated rings. The van der Waals surface area contributed by atoms with Crippen molar-refractivity contribution in [3.8, 4) is 0 Å². The Morgan fingerprint density at radius 2 is 0.714 bits per heavy atom. The molecule has 1 heterocycles. The Balaban J connectivity index is 1.82. The molecule has 0 N–H and O–H groups in total. The average molecular weight is 589 g/mol. The topological polar surface area (TPSA) is 26.3 Å². The minimum absolute atomic E-state index is 0.0224. The number of cyclic esters (lactones) is 1. The highest BCUT2D eigenvalue weighted by Gasteiger charge is 2.36. The molecule has 42 heavy (non-hydrogen) atoms. The van der Waals surface area contributed by atoms with Gasteiger partial charge in [-0.2, -0.15) is 0 Å². The first-order valence-electron chi connectivity index (χ1n) is 19.7. The van der Waals surface area contributed by atoms with Crippen molar-refractivity contribution in [1.29, 1.82) is 0 Å². The first-order valence-corrected chi connectivity index (χ1v) is 19.7. The molecule has 2 nitrogen and oxygen atoms in total. The van der Waals surface area contributed by atoms with Crippen molar-refractivity contribution in [2.24, 2.45) is 5.92 Å². The van der Waals surface area contributed by atoms with Gasteiger partial charge in [-0.15, -0.1) is 0 Å². The quantitative estimate of drug-likeness (QED) is 0.0552. The third-order valence-corrected chi connectivity index (χ3v) is 9.60. The van der Waals surface area contributed by atoms with Crippen LogP contribution in [0, 0.1) is 5.92 Å². The van der Waals surface area contributed by atoms with Crippen LogP contribution in [0.2, 0.25) is 0 Å². The van der Waals surface area contributed by atoms with E-state index in [0.29, 0.717) is 0 Å². The maximum absolute atomic E-state index is 12.0. The zero-order chi connectivity index (χ0) is 30.2. The summed E-state index contributed by atoms with van der Waals surface area (Å²) in [6.45, 7) is 4.59. The summed E-state index contributed by atoms with van der Waals surface area (Å²) in [5.41, 5.74) is 0. The molecule has 0 amide bonds. The summed E-state index contributed by atoms with van der Waals surface area (Å²) in [6.07, 6.45) is 49.2. The van der Waals surface area contributed by atoms with Crippen LogP contribution in [0.15, 0.2) is 11.8 Å². The van der Waals surface area contributed by atoms with Crippen molar-refractivity contribution in [3.63, 3.8) is 0 Å². The highest BCUT2D eigenvalue weighted by molar-refractivity contribution is 5.82. The highest BCUT2D eigenvalue weighted by atomic mass is 16.6. The fraction of sp³-hybridized carbons (Fsp3) is 0.925. The van der Waals surface area contributed by atoms with Crippen LogP contribution in [0.5, 0.6) is 0 Å². The number of hydrogen-bond donors (Lipinski definition) is 0. The zero-order valence-corrected chi connectivity index (χ0v) is 29.0. The summed E-state index contributed by atoms with van der Waals surface area (Å²) in [6, 6.07) is 0. The molecule has 0 aromatic heterocycles. The highest BCUT2D eigenvalue weighted by Crippen LogP contribution is 2.32. The molecule has 0 aliphatic carbocycles. The Bertz CT molecular complexity index is 594. The summed E-state index contributed by atoms with van der Waals surface area (Å²) in [4.78, 5) is 12.0. The molecule has 0 bridgehead atoms. The second kappa shape index (κ2) is 31.6. The smallest absolute Gasteiger partial charge is 0.321 e. The standard InChI is InChI=1S/C40H76O2/c1-3-5-7-9-11-13-15-17-19-21-23-25-27-29-31-33-35-37-39-38(40(41)42-39)36-34-32-30-28-26-24-22-20-18-16-14-12-10-8-6-4-2/h37-38H,3-36H2,1-2H3/b39-37-. The molecule has 1 atom stereocenters. The van der Waals surface area contributed by atoms with Crippen molar-refractivity contribution in [2.75, 3.05) is 0 Å². The Morgan fingerprint density at radius 1 is 0.429 bits per heavy atom. The van der Waals surface area contributed by atoms with Gasteiger partial charge in [-0.3, -0.25) is 4.79 Å². The average Bonchev–Trinajstić information content (AvgIpc) is 2.99. The minimum Gasteiger partial charge on any atom is -0.430 e. The van der Waals surface area contributed by atoms with E-state index in [-0.39, 0.29) is 11.9 Å². The van der Waals surface area contributed by atoms with Crippen LogP contribution >= 0.6 is 0 Å². The molecule has 1 rings (SSSR count). The van der Waals surface area contributed by atoms with E-state index in [9.17, 15) is 4.79 Å². The molecule has 0 saturated carbocycles. The van der Waals surface area contributed by atoms with Crippen LogP contribution in [-0.2, 0) is 9.53 Å². The van der Waals surface area contributed by atoms with Crippen molar-refractivity contribution >= 4 is 5.97 Å². The van der Waals surface area contributed by atoms with E-state index in [1.54, 1.807) is 0 Å². The van der Waals surface area contributed by atoms with Gasteiger partial charge in [0.25, 0.3) is 0 Å². The second-order valence-corrected chi connectivity index (χ2v) is 13.8. The van der Waals surface area contributed by atoms with Crippen molar-refractivity contribution in [3.05, 3.63) is 11.8 Å². The number of rotatable bonds is 34. The van der Waals surface area contributed by atoms with Gasteiger partial charge >= 0.3 is 5.97 Å². The Morgan fingerprint density at radius 3 is 1.02 bits per heavy atom. The van der Waals surface area contributed by atoms with Crippen molar-refractivity contribution in [1.82, 2.24) is 0 Å². The van der Waals surface area contributed by atoms with E-state index in [1.165, 1.54) is 205 Å². The number of carbonyl (C=O) groups excluding carboxylic acids is 1. The molecule has 0 spiro atoms. The molecule has 0 aromatic carbocycles. The predicted molar refractivity (Wildman–Crippen MR) is 186 cm³/mol. The molecule has 248 valence electrons. The fourth-order valence-electron chi connectivity index (χ4n) is 6.59. The SMILES string of the molecule is CCCCCCCCCCCCCCCCCC/C=C1\OC(=O)C1CCCCCCCCCCCCCCCCCC. The zero-order valence-electron chi connectivity index (χ0n) is 29.0. The Hall–Kier alpha value is -0.790. The molecule has 1 unspecified atom stereocenters. The van der Waals surface area contributed by atoms with Gasteiger partial charge in [0.2, 0.25) is 0 Å². The third kappa shape index (κ3) is 24.6. The van der Waals surface area contributed by atoms with Gasteiger partial charge in [0, 0.05) is 0 Å². The summed E-state index contributed by atoms with van der Waals surface area (Å²) >= 11 is 0. The lowest BCUT2D eigenvalue weighted by Crippen LogP contribution is -2.32. The van der Waals surface area contributed by atoms with E-state index in [2.05, 4.69) is 19.9 Å². The van der Waals surface area contributed by atoms with E-state index in [1.807, 2.05) is 0 Å². The van der Waals surface area contributed by atoms with Gasteiger partial charge in [-0.25, -0.2) is 0 Å². The van der Waals surface area contributed by atoms with E-state index in [4.69, 9.17) is 4.74 Å². The first kappa shape index (κ1) is 39.2. The van der Waals surface area contributed by atoms with Crippen molar-refractivity contribution in [2.45, 2.75) is 232 Å². The molecule has 0 radical (unpaired) electrons. The van der Waals surface area contributed by atoms with E-state index < -0.39 is 0 Å². The monoisotopic (exact) mass is 589 g/mol. The Labute approximate surface area is 265 Å². The number of ether oxygens (including phenoxy) is 1. The molecular formula is C40H76O2. The van der Waals surface area contributed by atoms with Crippen LogP contribution in [0.1, 0.15) is 232 Å². The van der Waals surface area contributed by atoms with Gasteiger partial charge in [0.1, 0.15) is 11.7 Å². The van der Waals surface area contributed by atoms with E-state index in [0.717, 1.165) is 18.6 Å². The van der Waals surface area contributed by atoms with Gasteiger partial charge in [0.05, 0.1) is 0 Å². The third-order valence-electron chi connectivity index (χ3n) is 9.60. The van der Waals surface area contributed by atoms with Gasteiger partial charge in [0.15, 0.2) is 0 Å². The number of unbranched alkanes of at least 4 members (excludes halogenated alkanes) is 31. The maximum Gasteiger partial charge on any atom is 0.321 e. The number of hydrogen-bond acceptors (Lipinski definition) is 2.